The number of amides is 1. The van der Waals surface area contributed by atoms with E-state index < -0.39 is 6.04 Å². The predicted octanol–water partition coefficient (Wildman–Crippen LogP) is 0.728. The lowest BCUT2D eigenvalue weighted by molar-refractivity contribution is -0.117. The van der Waals surface area contributed by atoms with Crippen molar-refractivity contribution in [2.45, 2.75) is 25.8 Å². The maximum Gasteiger partial charge on any atom is 0.241 e. The number of hydrogen-bond acceptors (Lipinski definition) is 5. The molecule has 0 aliphatic heterocycles. The Bertz CT molecular complexity index is 539. The summed E-state index contributed by atoms with van der Waals surface area (Å²) in [7, 11) is 0. The number of rotatable bonds is 5. The van der Waals surface area contributed by atoms with Crippen LogP contribution in [0.15, 0.2) is 31.0 Å². The Hall–Kier alpha value is -2.28. The second-order valence-electron chi connectivity index (χ2n) is 4.10. The maximum atomic E-state index is 11.9. The third-order valence-corrected chi connectivity index (χ3v) is 2.62. The molecular formula is C12H16N6O. The van der Waals surface area contributed by atoms with Gasteiger partial charge in [-0.2, -0.15) is 5.10 Å². The van der Waals surface area contributed by atoms with Crippen LogP contribution >= 0.6 is 0 Å². The Morgan fingerprint density at radius 3 is 3.11 bits per heavy atom. The molecule has 0 unspecified atom stereocenters. The van der Waals surface area contributed by atoms with Crippen molar-refractivity contribution in [3.8, 4) is 5.82 Å². The Balaban J connectivity index is 2.19. The van der Waals surface area contributed by atoms with Crippen LogP contribution in [0.25, 0.3) is 5.82 Å². The van der Waals surface area contributed by atoms with Crippen molar-refractivity contribution in [2.75, 3.05) is 5.32 Å². The smallest absolute Gasteiger partial charge is 0.241 e. The van der Waals surface area contributed by atoms with Crippen LogP contribution in [0.3, 0.4) is 0 Å². The number of carbonyl (C=O) groups excluding carboxylic acids is 1. The third-order valence-electron chi connectivity index (χ3n) is 2.62. The fourth-order valence-corrected chi connectivity index (χ4v) is 1.66. The second-order valence-corrected chi connectivity index (χ2v) is 4.10. The number of aromatic nitrogens is 4. The van der Waals surface area contributed by atoms with Gasteiger partial charge in [0.2, 0.25) is 5.91 Å². The van der Waals surface area contributed by atoms with Crippen LogP contribution in [0.4, 0.5) is 5.69 Å². The van der Waals surface area contributed by atoms with Crippen LogP contribution in [0.2, 0.25) is 0 Å². The van der Waals surface area contributed by atoms with E-state index >= 15 is 0 Å². The molecule has 0 radical (unpaired) electrons. The molecule has 0 bridgehead atoms. The van der Waals surface area contributed by atoms with E-state index in [0.717, 1.165) is 6.42 Å². The number of nitrogens with one attached hydrogen (secondary N) is 1. The molecule has 100 valence electrons. The van der Waals surface area contributed by atoms with Crippen molar-refractivity contribution >= 4 is 11.6 Å². The molecule has 19 heavy (non-hydrogen) atoms. The summed E-state index contributed by atoms with van der Waals surface area (Å²) < 4.78 is 1.49. The Morgan fingerprint density at radius 2 is 2.42 bits per heavy atom. The summed E-state index contributed by atoms with van der Waals surface area (Å²) in [4.78, 5) is 20.0. The van der Waals surface area contributed by atoms with Crippen LogP contribution in [0.1, 0.15) is 19.8 Å². The van der Waals surface area contributed by atoms with Crippen molar-refractivity contribution in [3.05, 3.63) is 31.0 Å². The van der Waals surface area contributed by atoms with E-state index in [4.69, 9.17) is 5.73 Å². The fraction of sp³-hybridized carbons (Fsp3) is 0.333. The molecule has 2 heterocycles. The lowest BCUT2D eigenvalue weighted by atomic mass is 10.1. The highest BCUT2D eigenvalue weighted by molar-refractivity contribution is 5.95. The molecule has 0 aliphatic carbocycles. The van der Waals surface area contributed by atoms with Crippen molar-refractivity contribution in [3.63, 3.8) is 0 Å². The molecule has 7 heteroatoms. The first-order valence-corrected chi connectivity index (χ1v) is 6.09. The highest BCUT2D eigenvalue weighted by Gasteiger charge is 2.15. The highest BCUT2D eigenvalue weighted by Crippen LogP contribution is 2.16. The van der Waals surface area contributed by atoms with E-state index in [9.17, 15) is 4.79 Å². The minimum Gasteiger partial charge on any atom is -0.322 e. The van der Waals surface area contributed by atoms with Gasteiger partial charge in [-0.05, 0) is 18.6 Å². The lowest BCUT2D eigenvalue weighted by Crippen LogP contribution is -2.35. The van der Waals surface area contributed by atoms with Crippen molar-refractivity contribution in [1.82, 2.24) is 19.7 Å². The summed E-state index contributed by atoms with van der Waals surface area (Å²) in [6.07, 6.45) is 6.05. The minimum atomic E-state index is -0.520. The summed E-state index contributed by atoms with van der Waals surface area (Å²) in [5.41, 5.74) is 6.34. The van der Waals surface area contributed by atoms with Gasteiger partial charge in [0.25, 0.3) is 0 Å². The SMILES string of the molecule is CCC[C@H](N)C(=O)Nc1cccnc1-n1cncn1. The molecule has 3 N–H and O–H groups in total. The van der Waals surface area contributed by atoms with E-state index in [1.165, 1.54) is 17.3 Å². The molecule has 0 spiro atoms. The molecule has 1 amide bonds. The molecule has 2 rings (SSSR count). The van der Waals surface area contributed by atoms with Gasteiger partial charge in [-0.3, -0.25) is 4.79 Å². The monoisotopic (exact) mass is 260 g/mol. The predicted molar refractivity (Wildman–Crippen MR) is 70.7 cm³/mol. The maximum absolute atomic E-state index is 11.9. The second kappa shape index (κ2) is 6.05. The number of carbonyl (C=O) groups is 1. The highest BCUT2D eigenvalue weighted by atomic mass is 16.2. The number of nitrogens with zero attached hydrogens (tertiary/aromatic N) is 4. The largest absolute Gasteiger partial charge is 0.322 e. The third kappa shape index (κ3) is 3.14. The van der Waals surface area contributed by atoms with E-state index in [2.05, 4.69) is 20.4 Å². The summed E-state index contributed by atoms with van der Waals surface area (Å²) >= 11 is 0. The van der Waals surface area contributed by atoms with E-state index in [-0.39, 0.29) is 5.91 Å². The molecule has 2 aromatic rings. The molecule has 0 fully saturated rings. The summed E-state index contributed by atoms with van der Waals surface area (Å²) in [5, 5.41) is 6.76. The fourth-order valence-electron chi connectivity index (χ4n) is 1.66. The lowest BCUT2D eigenvalue weighted by Gasteiger charge is -2.13. The first kappa shape index (κ1) is 13.2. The molecular weight excluding hydrogens is 244 g/mol. The van der Waals surface area contributed by atoms with Gasteiger partial charge >= 0.3 is 0 Å². The van der Waals surface area contributed by atoms with E-state index in [1.807, 2.05) is 6.92 Å². The van der Waals surface area contributed by atoms with Gasteiger partial charge in [0.15, 0.2) is 5.82 Å². The van der Waals surface area contributed by atoms with Crippen LogP contribution in [0.5, 0.6) is 0 Å². The minimum absolute atomic E-state index is 0.226. The summed E-state index contributed by atoms with van der Waals surface area (Å²) in [5.74, 6) is 0.285. The van der Waals surface area contributed by atoms with Gasteiger partial charge in [-0.1, -0.05) is 13.3 Å². The quantitative estimate of drug-likeness (QED) is 0.825. The average Bonchev–Trinajstić information content (AvgIpc) is 2.93. The van der Waals surface area contributed by atoms with E-state index in [1.54, 1.807) is 18.3 Å². The van der Waals surface area contributed by atoms with Gasteiger partial charge < -0.3 is 11.1 Å². The van der Waals surface area contributed by atoms with Crippen molar-refractivity contribution in [2.24, 2.45) is 5.73 Å². The standard InChI is InChI=1S/C12H16N6O/c1-2-4-9(13)12(19)17-10-5-3-6-15-11(10)18-8-14-7-16-18/h3,5-9H,2,4,13H2,1H3,(H,17,19)/t9-/m0/s1. The van der Waals surface area contributed by atoms with Gasteiger partial charge in [0.1, 0.15) is 12.7 Å². The first-order valence-electron chi connectivity index (χ1n) is 6.09. The van der Waals surface area contributed by atoms with Crippen molar-refractivity contribution in [1.29, 1.82) is 0 Å². The van der Waals surface area contributed by atoms with E-state index in [0.29, 0.717) is 17.9 Å². The zero-order chi connectivity index (χ0) is 13.7. The normalized spacial score (nSPS) is 12.1. The number of nitrogens with two attached hydrogens (primary N) is 1. The first-order chi connectivity index (χ1) is 9.22. The molecule has 0 saturated heterocycles. The van der Waals surface area contributed by atoms with Crippen LogP contribution in [-0.4, -0.2) is 31.7 Å². The molecule has 7 nitrogen and oxygen atoms in total. The Labute approximate surface area is 110 Å². The van der Waals surface area contributed by atoms with Crippen LogP contribution in [-0.2, 0) is 4.79 Å². The van der Waals surface area contributed by atoms with Gasteiger partial charge in [0, 0.05) is 6.20 Å². The van der Waals surface area contributed by atoms with Gasteiger partial charge in [-0.15, -0.1) is 0 Å². The zero-order valence-corrected chi connectivity index (χ0v) is 10.7. The zero-order valence-electron chi connectivity index (χ0n) is 10.7. The number of anilines is 1. The molecule has 1 atom stereocenters. The molecule has 0 saturated carbocycles. The topological polar surface area (TPSA) is 98.7 Å². The molecule has 0 aliphatic rings. The van der Waals surface area contributed by atoms with Crippen LogP contribution < -0.4 is 11.1 Å². The Morgan fingerprint density at radius 1 is 1.58 bits per heavy atom. The molecule has 2 aromatic heterocycles. The Kier molecular flexibility index (Phi) is 4.19. The van der Waals surface area contributed by atoms with Gasteiger partial charge in [0.05, 0.1) is 11.7 Å². The number of hydrogen-bond donors (Lipinski definition) is 2. The summed E-state index contributed by atoms with van der Waals surface area (Å²) in [6.45, 7) is 1.98. The molecule has 0 aromatic carbocycles. The van der Waals surface area contributed by atoms with Gasteiger partial charge in [-0.25, -0.2) is 14.6 Å². The average molecular weight is 260 g/mol. The summed E-state index contributed by atoms with van der Waals surface area (Å²) in [6, 6.07) is 2.97. The number of pyridine rings is 1. The van der Waals surface area contributed by atoms with Crippen LogP contribution in [0, 0.1) is 0 Å². The van der Waals surface area contributed by atoms with Crippen molar-refractivity contribution < 1.29 is 4.79 Å².